The van der Waals surface area contributed by atoms with Gasteiger partial charge < -0.3 is 13.7 Å². The molecule has 3 heterocycles. The molecule has 0 fully saturated rings. The van der Waals surface area contributed by atoms with E-state index in [0.717, 1.165) is 66.4 Å². The second-order valence-corrected chi connectivity index (χ2v) is 15.0. The van der Waals surface area contributed by atoms with Gasteiger partial charge in [0.1, 0.15) is 16.7 Å². The molecule has 12 aromatic rings. The summed E-state index contributed by atoms with van der Waals surface area (Å²) < 4.78 is 15.7. The van der Waals surface area contributed by atoms with Gasteiger partial charge in [-0.1, -0.05) is 91.0 Å². The van der Waals surface area contributed by atoms with Crippen molar-refractivity contribution in [2.75, 3.05) is 4.90 Å². The van der Waals surface area contributed by atoms with E-state index >= 15 is 0 Å². The topological polar surface area (TPSA) is 42.4 Å². The molecule has 252 valence electrons. The number of hydrogen-bond acceptors (Lipinski definition) is 5. The van der Waals surface area contributed by atoms with Gasteiger partial charge >= 0.3 is 0 Å². The van der Waals surface area contributed by atoms with E-state index in [-0.39, 0.29) is 0 Å². The highest BCUT2D eigenvalue weighted by Gasteiger charge is 2.21. The molecule has 0 unspecified atom stereocenters. The Bertz CT molecular complexity index is 3430. The Balaban J connectivity index is 1.05. The average Bonchev–Trinajstić information content (AvgIpc) is 3.92. The number of furan rings is 1. The number of nitrogens with zero attached hydrogens (tertiary/aromatic N) is 2. The molecule has 3 aromatic heterocycles. The summed E-state index contributed by atoms with van der Waals surface area (Å²) in [4.78, 5) is 7.31. The zero-order valence-electron chi connectivity index (χ0n) is 28.8. The van der Waals surface area contributed by atoms with Gasteiger partial charge in [0, 0.05) is 59.6 Å². The zero-order chi connectivity index (χ0) is 35.3. The summed E-state index contributed by atoms with van der Waals surface area (Å²) in [5.41, 5.74) is 7.28. The van der Waals surface area contributed by atoms with Crippen LogP contribution in [0.5, 0.6) is 0 Å². The molecule has 0 radical (unpaired) electrons. The van der Waals surface area contributed by atoms with Crippen LogP contribution in [0, 0.1) is 0 Å². The quantitative estimate of drug-likeness (QED) is 0.183. The Morgan fingerprint density at radius 2 is 1.09 bits per heavy atom. The highest BCUT2D eigenvalue weighted by Crippen LogP contribution is 2.45. The van der Waals surface area contributed by atoms with Crippen LogP contribution in [0.4, 0.5) is 17.1 Å². The normalized spacial score (nSPS) is 12.1. The molecule has 5 heteroatoms. The molecule has 4 nitrogen and oxygen atoms in total. The van der Waals surface area contributed by atoms with Crippen molar-refractivity contribution < 1.29 is 8.83 Å². The van der Waals surface area contributed by atoms with Gasteiger partial charge in [-0.25, -0.2) is 4.98 Å². The van der Waals surface area contributed by atoms with E-state index in [4.69, 9.17) is 13.8 Å². The number of anilines is 3. The summed E-state index contributed by atoms with van der Waals surface area (Å²) in [6.45, 7) is 0. The number of thiophene rings is 1. The van der Waals surface area contributed by atoms with Gasteiger partial charge in [0.25, 0.3) is 0 Å². The summed E-state index contributed by atoms with van der Waals surface area (Å²) in [5.74, 6) is 0.583. The molecule has 12 rings (SSSR count). The Labute approximate surface area is 312 Å². The minimum atomic E-state index is 0.583. The first-order chi connectivity index (χ1) is 26.7. The fourth-order valence-electron chi connectivity index (χ4n) is 8.30. The molecule has 0 aliphatic rings. The molecule has 0 spiro atoms. The molecule has 0 amide bonds. The molecule has 0 aliphatic carbocycles. The first-order valence-corrected chi connectivity index (χ1v) is 18.9. The summed E-state index contributed by atoms with van der Waals surface area (Å²) in [5, 5.41) is 11.8. The summed E-state index contributed by atoms with van der Waals surface area (Å²) >= 11 is 1.85. The van der Waals surface area contributed by atoms with Crippen molar-refractivity contribution in [3.05, 3.63) is 170 Å². The molecule has 0 saturated heterocycles. The van der Waals surface area contributed by atoms with Crippen LogP contribution in [0.1, 0.15) is 0 Å². The predicted molar refractivity (Wildman–Crippen MR) is 227 cm³/mol. The van der Waals surface area contributed by atoms with Crippen LogP contribution in [0.25, 0.3) is 97.0 Å². The van der Waals surface area contributed by atoms with E-state index in [2.05, 4.69) is 150 Å². The fourth-order valence-corrected chi connectivity index (χ4v) is 9.40. The first kappa shape index (κ1) is 29.6. The zero-order valence-corrected chi connectivity index (χ0v) is 29.6. The van der Waals surface area contributed by atoms with Crippen molar-refractivity contribution in [3.8, 4) is 11.5 Å². The molecule has 0 bridgehead atoms. The van der Waals surface area contributed by atoms with Gasteiger partial charge in [0.15, 0.2) is 5.58 Å². The molecule has 0 atom stereocenters. The smallest absolute Gasteiger partial charge is 0.228 e. The van der Waals surface area contributed by atoms with Crippen LogP contribution >= 0.6 is 11.3 Å². The van der Waals surface area contributed by atoms with Crippen LogP contribution in [0.2, 0.25) is 0 Å². The third-order valence-electron chi connectivity index (χ3n) is 10.8. The molecule has 9 aromatic carbocycles. The maximum absolute atomic E-state index is 6.65. The van der Waals surface area contributed by atoms with Crippen molar-refractivity contribution >= 4 is 114 Å². The number of benzene rings is 9. The van der Waals surface area contributed by atoms with Gasteiger partial charge in [-0.05, 0) is 105 Å². The Morgan fingerprint density at radius 1 is 0.407 bits per heavy atom. The van der Waals surface area contributed by atoms with Crippen molar-refractivity contribution in [3.63, 3.8) is 0 Å². The summed E-state index contributed by atoms with van der Waals surface area (Å²) in [7, 11) is 0. The van der Waals surface area contributed by atoms with Crippen LogP contribution in [0.3, 0.4) is 0 Å². The molecule has 54 heavy (non-hydrogen) atoms. The van der Waals surface area contributed by atoms with E-state index in [0.29, 0.717) is 5.89 Å². The van der Waals surface area contributed by atoms with Gasteiger partial charge in [-0.15, -0.1) is 11.3 Å². The van der Waals surface area contributed by atoms with E-state index < -0.39 is 0 Å². The largest absolute Gasteiger partial charge is 0.456 e. The van der Waals surface area contributed by atoms with E-state index in [1.807, 2.05) is 35.6 Å². The van der Waals surface area contributed by atoms with Gasteiger partial charge in [-0.3, -0.25) is 0 Å². The highest BCUT2D eigenvalue weighted by molar-refractivity contribution is 7.26. The molecule has 0 saturated carbocycles. The Kier molecular flexibility index (Phi) is 6.18. The van der Waals surface area contributed by atoms with Crippen LogP contribution in [-0.2, 0) is 0 Å². The van der Waals surface area contributed by atoms with Crippen LogP contribution < -0.4 is 4.90 Å². The van der Waals surface area contributed by atoms with Crippen molar-refractivity contribution in [1.29, 1.82) is 0 Å². The van der Waals surface area contributed by atoms with E-state index in [9.17, 15) is 0 Å². The van der Waals surface area contributed by atoms with Crippen molar-refractivity contribution in [2.24, 2.45) is 0 Å². The average molecular weight is 709 g/mol. The summed E-state index contributed by atoms with van der Waals surface area (Å²) in [6, 6.07) is 60.4. The number of aromatic nitrogens is 1. The van der Waals surface area contributed by atoms with Crippen LogP contribution in [0.15, 0.2) is 179 Å². The minimum Gasteiger partial charge on any atom is -0.456 e. The van der Waals surface area contributed by atoms with Crippen molar-refractivity contribution in [1.82, 2.24) is 4.98 Å². The van der Waals surface area contributed by atoms with Gasteiger partial charge in [0.05, 0.1) is 0 Å². The molecular formula is C49H28N2O2S. The maximum Gasteiger partial charge on any atom is 0.228 e. The van der Waals surface area contributed by atoms with Gasteiger partial charge in [-0.2, -0.15) is 0 Å². The molecule has 0 aliphatic heterocycles. The highest BCUT2D eigenvalue weighted by atomic mass is 32.1. The lowest BCUT2D eigenvalue weighted by Gasteiger charge is -2.26. The predicted octanol–water partition coefficient (Wildman–Crippen LogP) is 14.7. The molecule has 0 N–H and O–H groups in total. The number of hydrogen-bond donors (Lipinski definition) is 0. The standard InChI is InChI=1S/C49H28N2O2S/c1-2-10-31-24-34(18-16-29(31)8-1)51(35-20-23-45-40(27-35)48-37-13-6-5-9-30(37)17-22-46(48)54-45)36-19-21-38-43(28-36)52-42-15-7-14-39(47(38)42)49-50-41-25-32-11-3-4-12-33(32)26-44(41)53-49/h1-28H. The summed E-state index contributed by atoms with van der Waals surface area (Å²) in [6.07, 6.45) is 0. The fraction of sp³-hybridized carbons (Fsp3) is 0. The number of rotatable bonds is 4. The number of fused-ring (bicyclic) bond motifs is 11. The van der Waals surface area contributed by atoms with Crippen molar-refractivity contribution in [2.45, 2.75) is 0 Å². The third-order valence-corrected chi connectivity index (χ3v) is 12.0. The number of oxazole rings is 1. The molecular weight excluding hydrogens is 681 g/mol. The lowest BCUT2D eigenvalue weighted by Crippen LogP contribution is -2.09. The van der Waals surface area contributed by atoms with E-state index in [1.165, 1.54) is 41.7 Å². The lowest BCUT2D eigenvalue weighted by molar-refractivity contribution is 0.620. The van der Waals surface area contributed by atoms with Crippen LogP contribution in [-0.4, -0.2) is 4.98 Å². The second kappa shape index (κ2) is 11.3. The SMILES string of the molecule is c1ccc2cc(N(c3ccc4c(c3)oc3cccc(-c5nc6cc7ccccc7cc6o5)c34)c3ccc4sc5ccc6ccccc6c5c4c3)ccc2c1. The Morgan fingerprint density at radius 3 is 1.98 bits per heavy atom. The first-order valence-electron chi connectivity index (χ1n) is 18.1. The van der Waals surface area contributed by atoms with Gasteiger partial charge in [0.2, 0.25) is 5.89 Å². The second-order valence-electron chi connectivity index (χ2n) is 14.0. The maximum atomic E-state index is 6.65. The Hall–Kier alpha value is -6.95. The monoisotopic (exact) mass is 708 g/mol. The minimum absolute atomic E-state index is 0.583. The van der Waals surface area contributed by atoms with E-state index in [1.54, 1.807) is 0 Å². The third kappa shape index (κ3) is 4.46. The lowest BCUT2D eigenvalue weighted by atomic mass is 10.0.